The van der Waals surface area contributed by atoms with Crippen molar-refractivity contribution in [3.8, 4) is 0 Å². The highest BCUT2D eigenvalue weighted by molar-refractivity contribution is 6.30. The molecule has 2 atom stereocenters. The lowest BCUT2D eigenvalue weighted by atomic mass is 9.95. The molecule has 0 radical (unpaired) electrons. The topological polar surface area (TPSA) is 67.1 Å². The second-order valence-electron chi connectivity index (χ2n) is 9.54. The Kier molecular flexibility index (Phi) is 7.85. The van der Waals surface area contributed by atoms with Crippen LogP contribution >= 0.6 is 11.6 Å². The van der Waals surface area contributed by atoms with E-state index in [4.69, 9.17) is 22.9 Å². The second kappa shape index (κ2) is 10.9. The third-order valence-corrected chi connectivity index (χ3v) is 7.23. The number of carbonyl (C=O) groups excluding carboxylic acids is 2. The molecule has 1 aromatic carbocycles. The number of amides is 1. The fraction of sp³-hybridized carbons (Fsp3) is 0.481. The molecule has 3 heterocycles. The number of hydrogen-bond donors (Lipinski definition) is 0. The van der Waals surface area contributed by atoms with Crippen molar-refractivity contribution in [1.82, 2.24) is 14.8 Å². The molecule has 35 heavy (non-hydrogen) atoms. The van der Waals surface area contributed by atoms with Crippen LogP contribution in [0.4, 0.5) is 5.82 Å². The number of Topliss-reactive ketones (excluding diaryl/α,β-unsaturated/α-hetero) is 1. The third kappa shape index (κ3) is 5.72. The highest BCUT2D eigenvalue weighted by Gasteiger charge is 2.34. The Hall–Kier alpha value is -2.79. The predicted molar refractivity (Wildman–Crippen MR) is 135 cm³/mol. The Bertz CT molecular complexity index is 1170. The molecule has 2 aliphatic rings. The molecule has 0 unspecified atom stereocenters. The quantitative estimate of drug-likeness (QED) is 0.435. The molecule has 8 heteroatoms. The van der Waals surface area contributed by atoms with E-state index in [0.717, 1.165) is 42.6 Å². The maximum absolute atomic E-state index is 13.0. The van der Waals surface area contributed by atoms with Crippen molar-refractivity contribution in [3.05, 3.63) is 68.7 Å². The summed E-state index contributed by atoms with van der Waals surface area (Å²) in [6.45, 7) is 16.7. The number of nitrogens with zero attached hydrogens (tertiary/aromatic N) is 4. The van der Waals surface area contributed by atoms with Crippen LogP contribution in [-0.4, -0.2) is 64.9 Å². The minimum absolute atomic E-state index is 0.0525. The highest BCUT2D eigenvalue weighted by Crippen LogP contribution is 2.26. The van der Waals surface area contributed by atoms with E-state index in [0.29, 0.717) is 41.7 Å². The van der Waals surface area contributed by atoms with Crippen LogP contribution in [0.15, 0.2) is 24.4 Å². The van der Waals surface area contributed by atoms with Gasteiger partial charge in [-0.1, -0.05) is 24.2 Å². The van der Waals surface area contributed by atoms with Gasteiger partial charge in [0.2, 0.25) is 0 Å². The maximum atomic E-state index is 13.0. The number of ether oxygens (including phenoxy) is 1. The van der Waals surface area contributed by atoms with Gasteiger partial charge in [0.15, 0.2) is 5.78 Å². The normalized spacial score (nSPS) is 20.6. The lowest BCUT2D eigenvalue weighted by Crippen LogP contribution is -2.55. The molecule has 7 nitrogen and oxygen atoms in total. The number of pyridine rings is 1. The summed E-state index contributed by atoms with van der Waals surface area (Å²) < 4.78 is 5.60. The molecule has 0 bridgehead atoms. The lowest BCUT2D eigenvalue weighted by molar-refractivity contribution is -0.145. The Balaban J connectivity index is 1.43. The van der Waals surface area contributed by atoms with E-state index in [-0.39, 0.29) is 30.3 Å². The van der Waals surface area contributed by atoms with Crippen molar-refractivity contribution < 1.29 is 14.3 Å². The zero-order chi connectivity index (χ0) is 25.1. The summed E-state index contributed by atoms with van der Waals surface area (Å²) in [5.41, 5.74) is 4.22. The summed E-state index contributed by atoms with van der Waals surface area (Å²) in [6, 6.07) is 5.65. The Labute approximate surface area is 211 Å². The van der Waals surface area contributed by atoms with Crippen molar-refractivity contribution in [2.24, 2.45) is 0 Å². The van der Waals surface area contributed by atoms with Gasteiger partial charge in [-0.2, -0.15) is 0 Å². The number of piperazine rings is 1. The van der Waals surface area contributed by atoms with Crippen LogP contribution in [0.1, 0.15) is 52.4 Å². The first-order valence-electron chi connectivity index (χ1n) is 12.1. The lowest BCUT2D eigenvalue weighted by Gasteiger charge is -2.41. The zero-order valence-electron chi connectivity index (χ0n) is 20.5. The number of aromatic nitrogens is 1. The number of aryl methyl sites for hydroxylation is 1. The Morgan fingerprint density at radius 3 is 2.66 bits per heavy atom. The van der Waals surface area contributed by atoms with E-state index < -0.39 is 0 Å². The molecule has 184 valence electrons. The van der Waals surface area contributed by atoms with Gasteiger partial charge in [-0.25, -0.2) is 0 Å². The average molecular weight is 495 g/mol. The fourth-order valence-corrected chi connectivity index (χ4v) is 5.22. The highest BCUT2D eigenvalue weighted by atomic mass is 35.5. The van der Waals surface area contributed by atoms with Gasteiger partial charge in [-0.05, 0) is 68.0 Å². The molecule has 0 spiro atoms. The Morgan fingerprint density at radius 1 is 1.23 bits per heavy atom. The number of carbonyl (C=O) groups is 2. The number of rotatable bonds is 6. The third-order valence-electron chi connectivity index (χ3n) is 7.01. The van der Waals surface area contributed by atoms with Crippen LogP contribution in [-0.2, 0) is 22.5 Å². The summed E-state index contributed by atoms with van der Waals surface area (Å²) in [4.78, 5) is 37.5. The smallest absolute Gasteiger partial charge is 0.272 e. The van der Waals surface area contributed by atoms with Gasteiger partial charge >= 0.3 is 0 Å². The first-order valence-corrected chi connectivity index (χ1v) is 12.4. The molecule has 0 saturated carbocycles. The van der Waals surface area contributed by atoms with Crippen molar-refractivity contribution in [3.63, 3.8) is 0 Å². The molecular formula is C27H31ClN4O3. The van der Waals surface area contributed by atoms with Crippen LogP contribution in [0.25, 0.3) is 4.85 Å². The molecule has 2 aromatic rings. The molecule has 4 rings (SSSR count). The molecular weight excluding hydrogens is 464 g/mol. The van der Waals surface area contributed by atoms with Gasteiger partial charge in [0.1, 0.15) is 12.3 Å². The van der Waals surface area contributed by atoms with E-state index in [1.807, 2.05) is 24.0 Å². The van der Waals surface area contributed by atoms with Crippen LogP contribution in [0.2, 0.25) is 5.02 Å². The summed E-state index contributed by atoms with van der Waals surface area (Å²) >= 11 is 6.46. The molecule has 2 fully saturated rings. The van der Waals surface area contributed by atoms with Gasteiger partial charge in [-0.15, -0.1) is 4.98 Å². The van der Waals surface area contributed by atoms with Crippen LogP contribution < -0.4 is 0 Å². The first-order chi connectivity index (χ1) is 16.8. The summed E-state index contributed by atoms with van der Waals surface area (Å²) in [6.07, 6.45) is 3.18. The predicted octanol–water partition coefficient (Wildman–Crippen LogP) is 4.54. The molecule has 0 N–H and O–H groups in total. The van der Waals surface area contributed by atoms with Gasteiger partial charge in [0, 0.05) is 50.3 Å². The van der Waals surface area contributed by atoms with Crippen LogP contribution in [0.3, 0.4) is 0 Å². The van der Waals surface area contributed by atoms with Gasteiger partial charge < -0.3 is 14.5 Å². The zero-order valence-corrected chi connectivity index (χ0v) is 21.3. The van der Waals surface area contributed by atoms with Gasteiger partial charge in [-0.3, -0.25) is 14.5 Å². The SMILES string of the molecule is [C-]#[N+]c1ncc(C(=O)Cc2cc(Cl)cc(CN3CCN(C(=O)[C@@H]4CCCO4)[C@@H](C)C3)c2C)cc1C. The van der Waals surface area contributed by atoms with E-state index in [1.165, 1.54) is 6.20 Å². The first kappa shape index (κ1) is 25.3. The number of ketones is 1. The van der Waals surface area contributed by atoms with Crippen molar-refractivity contribution in [2.45, 2.75) is 58.7 Å². The Morgan fingerprint density at radius 2 is 2.00 bits per heavy atom. The maximum Gasteiger partial charge on any atom is 0.272 e. The van der Waals surface area contributed by atoms with E-state index in [9.17, 15) is 9.59 Å². The molecule has 2 saturated heterocycles. The molecule has 1 aromatic heterocycles. The summed E-state index contributed by atoms with van der Waals surface area (Å²) in [5.74, 6) is 0.376. The summed E-state index contributed by atoms with van der Waals surface area (Å²) in [5, 5.41) is 0.603. The largest absolute Gasteiger partial charge is 0.368 e. The van der Waals surface area contributed by atoms with Gasteiger partial charge in [0.05, 0.1) is 5.56 Å². The fourth-order valence-electron chi connectivity index (χ4n) is 4.96. The van der Waals surface area contributed by atoms with E-state index in [2.05, 4.69) is 21.7 Å². The second-order valence-corrected chi connectivity index (χ2v) is 9.98. The number of benzene rings is 1. The van der Waals surface area contributed by atoms with E-state index in [1.54, 1.807) is 13.0 Å². The monoisotopic (exact) mass is 494 g/mol. The summed E-state index contributed by atoms with van der Waals surface area (Å²) in [7, 11) is 0. The molecule has 2 aliphatic heterocycles. The van der Waals surface area contributed by atoms with Crippen molar-refractivity contribution in [1.29, 1.82) is 0 Å². The van der Waals surface area contributed by atoms with Crippen LogP contribution in [0.5, 0.6) is 0 Å². The number of halogens is 1. The number of hydrogen-bond acceptors (Lipinski definition) is 5. The van der Waals surface area contributed by atoms with Crippen molar-refractivity contribution >= 4 is 29.1 Å². The van der Waals surface area contributed by atoms with Crippen LogP contribution in [0, 0.1) is 20.4 Å². The minimum atomic E-state index is -0.282. The molecule has 1 amide bonds. The van der Waals surface area contributed by atoms with Gasteiger partial charge in [0.25, 0.3) is 11.7 Å². The minimum Gasteiger partial charge on any atom is -0.368 e. The van der Waals surface area contributed by atoms with Crippen molar-refractivity contribution in [2.75, 3.05) is 26.2 Å². The van der Waals surface area contributed by atoms with E-state index >= 15 is 0 Å². The average Bonchev–Trinajstić information content (AvgIpc) is 3.37. The molecule has 0 aliphatic carbocycles. The standard InChI is InChI=1S/C27H31ClN4O3/c1-17-10-21(14-30-26(17)29-4)24(33)13-20-11-23(28)12-22(19(20)3)16-31-7-8-32(18(2)15-31)27(34)25-6-5-9-35-25/h10-12,14,18,25H,5-9,13,15-16H2,1-3H3/t18-,25-/m0/s1.